The van der Waals surface area contributed by atoms with Crippen LogP contribution in [0.4, 0.5) is 0 Å². The van der Waals surface area contributed by atoms with Gasteiger partial charge in [-0.1, -0.05) is 12.1 Å². The van der Waals surface area contributed by atoms with E-state index in [-0.39, 0.29) is 24.4 Å². The maximum atomic E-state index is 12.1. The Morgan fingerprint density at radius 1 is 1.19 bits per heavy atom. The molecule has 0 aliphatic carbocycles. The lowest BCUT2D eigenvalue weighted by atomic mass is 9.93. The first kappa shape index (κ1) is 23.7. The first-order chi connectivity index (χ1) is 12.6. The van der Waals surface area contributed by atoms with Crippen molar-refractivity contribution in [2.45, 2.75) is 45.6 Å². The minimum Gasteiger partial charge on any atom is -0.491 e. The van der Waals surface area contributed by atoms with Crippen LogP contribution in [0, 0.1) is 5.92 Å². The number of carbonyl (C=O) groups excluding carboxylic acids is 1. The largest absolute Gasteiger partial charge is 0.491 e. The van der Waals surface area contributed by atoms with Crippen molar-refractivity contribution >= 4 is 18.3 Å². The molecular formula is C21H36ClN3O2. The van der Waals surface area contributed by atoms with Crippen molar-refractivity contribution in [1.82, 2.24) is 15.5 Å². The van der Waals surface area contributed by atoms with Gasteiger partial charge < -0.3 is 15.4 Å². The van der Waals surface area contributed by atoms with Crippen LogP contribution in [0.1, 0.15) is 38.7 Å². The quantitative estimate of drug-likeness (QED) is 0.637. The summed E-state index contributed by atoms with van der Waals surface area (Å²) >= 11 is 0. The van der Waals surface area contributed by atoms with Crippen molar-refractivity contribution in [2.24, 2.45) is 5.92 Å². The third kappa shape index (κ3) is 9.45. The Kier molecular flexibility index (Phi) is 11.4. The number of nitrogens with zero attached hydrogens (tertiary/aromatic N) is 1. The topological polar surface area (TPSA) is 53.6 Å². The first-order valence-electron chi connectivity index (χ1n) is 9.96. The highest BCUT2D eigenvalue weighted by atomic mass is 35.5. The molecule has 1 aromatic carbocycles. The molecule has 0 bridgehead atoms. The monoisotopic (exact) mass is 397 g/mol. The van der Waals surface area contributed by atoms with Gasteiger partial charge >= 0.3 is 0 Å². The van der Waals surface area contributed by atoms with Gasteiger partial charge in [0, 0.05) is 6.54 Å². The average molecular weight is 398 g/mol. The van der Waals surface area contributed by atoms with E-state index in [4.69, 9.17) is 4.74 Å². The number of amides is 1. The van der Waals surface area contributed by atoms with E-state index in [9.17, 15) is 4.79 Å². The summed E-state index contributed by atoms with van der Waals surface area (Å²) in [6.07, 6.45) is 4.70. The molecule has 0 saturated carbocycles. The van der Waals surface area contributed by atoms with Crippen molar-refractivity contribution in [1.29, 1.82) is 0 Å². The van der Waals surface area contributed by atoms with Gasteiger partial charge in [-0.2, -0.15) is 0 Å². The number of piperidine rings is 1. The zero-order valence-corrected chi connectivity index (χ0v) is 17.8. The standard InChI is InChI=1S/C21H35N3O2.ClH/c1-17(2)26-20-6-4-18(5-7-20)9-13-23-21(25)16-24-14-10-19(11-15-24)8-12-22-3;/h4-7,17,19,22H,8-16H2,1-3H3,(H,23,25);1H. The molecule has 1 aliphatic rings. The summed E-state index contributed by atoms with van der Waals surface area (Å²) in [5.41, 5.74) is 1.21. The molecule has 6 heteroatoms. The molecule has 27 heavy (non-hydrogen) atoms. The van der Waals surface area contributed by atoms with E-state index < -0.39 is 0 Å². The fourth-order valence-corrected chi connectivity index (χ4v) is 3.39. The van der Waals surface area contributed by atoms with Crippen molar-refractivity contribution in [3.05, 3.63) is 29.8 Å². The van der Waals surface area contributed by atoms with Crippen molar-refractivity contribution in [3.8, 4) is 5.75 Å². The summed E-state index contributed by atoms with van der Waals surface area (Å²) < 4.78 is 5.65. The summed E-state index contributed by atoms with van der Waals surface area (Å²) in [4.78, 5) is 14.4. The molecule has 2 rings (SSSR count). The fraction of sp³-hybridized carbons (Fsp3) is 0.667. The van der Waals surface area contributed by atoms with Crippen molar-refractivity contribution in [2.75, 3.05) is 39.8 Å². The number of likely N-dealkylation sites (tertiary alicyclic amines) is 1. The predicted octanol–water partition coefficient (Wildman–Crippen LogP) is 2.88. The number of rotatable bonds is 10. The molecule has 1 heterocycles. The van der Waals surface area contributed by atoms with Gasteiger partial charge in [0.1, 0.15) is 5.75 Å². The van der Waals surface area contributed by atoms with E-state index in [1.54, 1.807) is 0 Å². The zero-order chi connectivity index (χ0) is 18.8. The molecule has 0 aromatic heterocycles. The number of benzene rings is 1. The van der Waals surface area contributed by atoms with Crippen LogP contribution in [0.25, 0.3) is 0 Å². The molecule has 1 fully saturated rings. The SMILES string of the molecule is CNCCC1CCN(CC(=O)NCCc2ccc(OC(C)C)cc2)CC1.Cl. The summed E-state index contributed by atoms with van der Waals surface area (Å²) in [5.74, 6) is 1.84. The molecule has 0 unspecified atom stereocenters. The summed E-state index contributed by atoms with van der Waals surface area (Å²) in [6.45, 7) is 8.43. The third-order valence-electron chi connectivity index (χ3n) is 4.91. The van der Waals surface area contributed by atoms with Crippen LogP contribution in [-0.4, -0.2) is 56.7 Å². The highest BCUT2D eigenvalue weighted by Gasteiger charge is 2.20. The van der Waals surface area contributed by atoms with Gasteiger partial charge in [-0.25, -0.2) is 0 Å². The molecule has 0 spiro atoms. The minimum atomic E-state index is 0. The highest BCUT2D eigenvalue weighted by molar-refractivity contribution is 5.85. The second kappa shape index (κ2) is 13.0. The van der Waals surface area contributed by atoms with Crippen molar-refractivity contribution in [3.63, 3.8) is 0 Å². The van der Waals surface area contributed by atoms with Crippen molar-refractivity contribution < 1.29 is 9.53 Å². The fourth-order valence-electron chi connectivity index (χ4n) is 3.39. The molecule has 2 N–H and O–H groups in total. The molecule has 1 aromatic rings. The van der Waals surface area contributed by atoms with Gasteiger partial charge in [0.2, 0.25) is 5.91 Å². The lowest BCUT2D eigenvalue weighted by Gasteiger charge is -2.31. The molecule has 154 valence electrons. The zero-order valence-electron chi connectivity index (χ0n) is 17.0. The summed E-state index contributed by atoms with van der Waals surface area (Å²) in [7, 11) is 2.01. The van der Waals surface area contributed by atoms with Gasteiger partial charge in [-0.15, -0.1) is 12.4 Å². The number of carbonyl (C=O) groups is 1. The number of hydrogen-bond donors (Lipinski definition) is 2. The molecule has 5 nitrogen and oxygen atoms in total. The molecular weight excluding hydrogens is 362 g/mol. The van der Waals surface area contributed by atoms with Gasteiger partial charge in [0.15, 0.2) is 0 Å². The Hall–Kier alpha value is -1.30. The van der Waals surface area contributed by atoms with Crippen LogP contribution in [0.2, 0.25) is 0 Å². The van der Waals surface area contributed by atoms with Crippen LogP contribution >= 0.6 is 12.4 Å². The van der Waals surface area contributed by atoms with E-state index >= 15 is 0 Å². The lowest BCUT2D eigenvalue weighted by Crippen LogP contribution is -2.42. The predicted molar refractivity (Wildman–Crippen MR) is 114 cm³/mol. The van der Waals surface area contributed by atoms with Crippen LogP contribution in [0.15, 0.2) is 24.3 Å². The minimum absolute atomic E-state index is 0. The van der Waals surface area contributed by atoms with Gasteiger partial charge in [-0.3, -0.25) is 9.69 Å². The van der Waals surface area contributed by atoms with Gasteiger partial charge in [-0.05, 0) is 89.8 Å². The van der Waals surface area contributed by atoms with Crippen LogP contribution in [0.5, 0.6) is 5.75 Å². The van der Waals surface area contributed by atoms with E-state index in [1.807, 2.05) is 33.0 Å². The average Bonchev–Trinajstić information content (AvgIpc) is 2.62. The Balaban J connectivity index is 0.00000364. The molecule has 0 radical (unpaired) electrons. The van der Waals surface area contributed by atoms with Crippen LogP contribution < -0.4 is 15.4 Å². The molecule has 1 saturated heterocycles. The van der Waals surface area contributed by atoms with E-state index in [0.29, 0.717) is 13.1 Å². The number of ether oxygens (including phenoxy) is 1. The van der Waals surface area contributed by atoms with Crippen LogP contribution in [0.3, 0.4) is 0 Å². The summed E-state index contributed by atoms with van der Waals surface area (Å²) in [6, 6.07) is 8.13. The Labute approximate surface area is 170 Å². The van der Waals surface area contributed by atoms with E-state index in [2.05, 4.69) is 27.7 Å². The number of halogens is 1. The van der Waals surface area contributed by atoms with Gasteiger partial charge in [0.05, 0.1) is 12.6 Å². The van der Waals surface area contributed by atoms with E-state index in [0.717, 1.165) is 37.7 Å². The maximum Gasteiger partial charge on any atom is 0.234 e. The summed E-state index contributed by atoms with van der Waals surface area (Å²) in [5, 5.41) is 6.27. The molecule has 1 aliphatic heterocycles. The first-order valence-corrected chi connectivity index (χ1v) is 9.96. The normalized spacial score (nSPS) is 15.4. The van der Waals surface area contributed by atoms with E-state index in [1.165, 1.54) is 24.8 Å². The molecule has 0 atom stereocenters. The maximum absolute atomic E-state index is 12.1. The third-order valence-corrected chi connectivity index (χ3v) is 4.91. The second-order valence-electron chi connectivity index (χ2n) is 7.52. The smallest absolute Gasteiger partial charge is 0.234 e. The Morgan fingerprint density at radius 2 is 1.85 bits per heavy atom. The number of nitrogens with one attached hydrogen (secondary N) is 2. The lowest BCUT2D eigenvalue weighted by molar-refractivity contribution is -0.122. The Bertz CT molecular complexity index is 529. The Morgan fingerprint density at radius 3 is 2.44 bits per heavy atom. The van der Waals surface area contributed by atoms with Crippen LogP contribution in [-0.2, 0) is 11.2 Å². The second-order valence-corrected chi connectivity index (χ2v) is 7.52. The highest BCUT2D eigenvalue weighted by Crippen LogP contribution is 2.19. The number of hydrogen-bond acceptors (Lipinski definition) is 4. The van der Waals surface area contributed by atoms with Gasteiger partial charge in [0.25, 0.3) is 0 Å². The molecule has 1 amide bonds.